The third kappa shape index (κ3) is 5.08. The number of benzene rings is 1. The van der Waals surface area contributed by atoms with Gasteiger partial charge in [0.05, 0.1) is 19.2 Å². The van der Waals surface area contributed by atoms with Crippen molar-refractivity contribution in [2.75, 3.05) is 7.11 Å². The number of aromatic nitrogens is 1. The first-order valence-electron chi connectivity index (χ1n) is 8.08. The van der Waals surface area contributed by atoms with Gasteiger partial charge in [0, 0.05) is 12.3 Å². The van der Waals surface area contributed by atoms with Gasteiger partial charge in [-0.2, -0.15) is 0 Å². The minimum Gasteiger partial charge on any atom is -0.465 e. The van der Waals surface area contributed by atoms with Crippen molar-refractivity contribution in [3.63, 3.8) is 0 Å². The summed E-state index contributed by atoms with van der Waals surface area (Å²) in [4.78, 5) is 23.4. The van der Waals surface area contributed by atoms with Crippen LogP contribution in [0.5, 0.6) is 5.75 Å². The molecule has 0 bridgehead atoms. The average molecular weight is 351 g/mol. The molecule has 0 aliphatic rings. The number of ether oxygens (including phenoxy) is 2. The second-order valence-corrected chi connectivity index (χ2v) is 5.40. The van der Waals surface area contributed by atoms with Crippen LogP contribution in [0.15, 0.2) is 89.6 Å². The minimum absolute atomic E-state index is 0.0496. The van der Waals surface area contributed by atoms with Gasteiger partial charge in [0.1, 0.15) is 11.5 Å². The molecular formula is C21H21NO4. The van der Waals surface area contributed by atoms with Crippen LogP contribution in [0, 0.1) is 0 Å². The predicted molar refractivity (Wildman–Crippen MR) is 101 cm³/mol. The minimum atomic E-state index is -0.445. The average Bonchev–Trinajstić information content (AvgIpc) is 2.67. The Morgan fingerprint density at radius 3 is 2.50 bits per heavy atom. The highest BCUT2D eigenvalue weighted by atomic mass is 16.5. The van der Waals surface area contributed by atoms with E-state index >= 15 is 0 Å². The van der Waals surface area contributed by atoms with Crippen LogP contribution in [0.25, 0.3) is 0 Å². The second-order valence-electron chi connectivity index (χ2n) is 5.40. The largest absolute Gasteiger partial charge is 0.465 e. The maximum absolute atomic E-state index is 11.8. The maximum Gasteiger partial charge on any atom is 0.337 e. The number of hydrogen-bond acceptors (Lipinski definition) is 4. The molecule has 0 atom stereocenters. The fourth-order valence-electron chi connectivity index (χ4n) is 2.25. The van der Waals surface area contributed by atoms with Gasteiger partial charge in [0.25, 0.3) is 5.56 Å². The number of methoxy groups -OCH3 is 1. The van der Waals surface area contributed by atoms with Crippen molar-refractivity contribution >= 4 is 5.97 Å². The van der Waals surface area contributed by atoms with E-state index in [0.29, 0.717) is 23.6 Å². The van der Waals surface area contributed by atoms with Gasteiger partial charge in [0.15, 0.2) is 0 Å². The van der Waals surface area contributed by atoms with E-state index in [4.69, 9.17) is 9.47 Å². The smallest absolute Gasteiger partial charge is 0.337 e. The molecule has 0 aliphatic heterocycles. The number of esters is 1. The lowest BCUT2D eigenvalue weighted by Crippen LogP contribution is -2.18. The molecule has 1 aromatic heterocycles. The molecule has 0 spiro atoms. The quantitative estimate of drug-likeness (QED) is 0.332. The van der Waals surface area contributed by atoms with E-state index in [9.17, 15) is 9.59 Å². The molecule has 1 aromatic carbocycles. The molecule has 26 heavy (non-hydrogen) atoms. The molecule has 2 rings (SSSR count). The molecule has 0 N–H and O–H groups in total. The van der Waals surface area contributed by atoms with Gasteiger partial charge in [0.2, 0.25) is 0 Å². The number of carbonyl (C=O) groups is 1. The molecule has 0 unspecified atom stereocenters. The van der Waals surface area contributed by atoms with Crippen molar-refractivity contribution < 1.29 is 14.3 Å². The molecule has 0 amide bonds. The summed E-state index contributed by atoms with van der Waals surface area (Å²) < 4.78 is 12.1. The second kappa shape index (κ2) is 9.22. The number of rotatable bonds is 7. The Balaban J connectivity index is 2.12. The molecule has 0 aliphatic carbocycles. The van der Waals surface area contributed by atoms with Crippen molar-refractivity contribution in [1.82, 2.24) is 4.57 Å². The first-order valence-corrected chi connectivity index (χ1v) is 8.08. The van der Waals surface area contributed by atoms with Gasteiger partial charge in [-0.25, -0.2) is 4.79 Å². The SMILES string of the molecule is C=C/C(=C\C(=C/C)C(=O)OC)Oc1ccc(Cn2ccccc2=O)cc1. The predicted octanol–water partition coefficient (Wildman–Crippen LogP) is 3.46. The Bertz CT molecular complexity index is 889. The molecule has 5 heteroatoms. The van der Waals surface area contributed by atoms with E-state index in [-0.39, 0.29) is 5.56 Å². The Hall–Kier alpha value is -3.34. The van der Waals surface area contributed by atoms with Crippen LogP contribution in [0.1, 0.15) is 12.5 Å². The summed E-state index contributed by atoms with van der Waals surface area (Å²) in [6.07, 6.45) is 6.47. The Kier molecular flexibility index (Phi) is 6.74. The molecule has 0 saturated heterocycles. The normalized spacial score (nSPS) is 11.8. The summed E-state index contributed by atoms with van der Waals surface area (Å²) in [7, 11) is 1.32. The summed E-state index contributed by atoms with van der Waals surface area (Å²) >= 11 is 0. The maximum atomic E-state index is 11.8. The van der Waals surface area contributed by atoms with Crippen LogP contribution >= 0.6 is 0 Å². The van der Waals surface area contributed by atoms with Crippen molar-refractivity contribution in [3.8, 4) is 5.75 Å². The molecule has 0 radical (unpaired) electrons. The summed E-state index contributed by atoms with van der Waals surface area (Å²) in [6, 6.07) is 12.4. The number of nitrogens with zero attached hydrogens (tertiary/aromatic N) is 1. The first-order chi connectivity index (χ1) is 12.6. The lowest BCUT2D eigenvalue weighted by molar-refractivity contribution is -0.135. The Labute approximate surface area is 152 Å². The van der Waals surface area contributed by atoms with Crippen LogP contribution in [0.4, 0.5) is 0 Å². The van der Waals surface area contributed by atoms with Crippen LogP contribution < -0.4 is 10.3 Å². The third-order valence-electron chi connectivity index (χ3n) is 3.64. The Morgan fingerprint density at radius 2 is 1.92 bits per heavy atom. The lowest BCUT2D eigenvalue weighted by atomic mass is 10.2. The summed E-state index contributed by atoms with van der Waals surface area (Å²) in [6.45, 7) is 5.92. The molecule has 134 valence electrons. The van der Waals surface area contributed by atoms with Crippen LogP contribution in [-0.2, 0) is 16.1 Å². The molecule has 1 heterocycles. The first kappa shape index (κ1) is 19.0. The van der Waals surface area contributed by atoms with Crippen LogP contribution in [0.2, 0.25) is 0 Å². The summed E-state index contributed by atoms with van der Waals surface area (Å²) in [5.41, 5.74) is 1.30. The number of hydrogen-bond donors (Lipinski definition) is 0. The fraction of sp³-hybridized carbons (Fsp3) is 0.143. The summed E-state index contributed by atoms with van der Waals surface area (Å²) in [5.74, 6) is 0.579. The highest BCUT2D eigenvalue weighted by Crippen LogP contribution is 2.17. The fourth-order valence-corrected chi connectivity index (χ4v) is 2.25. The number of pyridine rings is 1. The molecule has 0 saturated carbocycles. The number of allylic oxidation sites excluding steroid dienone is 2. The van der Waals surface area contributed by atoms with E-state index in [1.165, 1.54) is 19.3 Å². The van der Waals surface area contributed by atoms with Gasteiger partial charge >= 0.3 is 5.97 Å². The van der Waals surface area contributed by atoms with E-state index in [2.05, 4.69) is 6.58 Å². The molecule has 5 nitrogen and oxygen atoms in total. The van der Waals surface area contributed by atoms with Crippen molar-refractivity contribution in [2.24, 2.45) is 0 Å². The monoisotopic (exact) mass is 351 g/mol. The van der Waals surface area contributed by atoms with Gasteiger partial charge < -0.3 is 14.0 Å². The van der Waals surface area contributed by atoms with Crippen molar-refractivity contribution in [2.45, 2.75) is 13.5 Å². The molecule has 0 fully saturated rings. The van der Waals surface area contributed by atoms with Gasteiger partial charge in [-0.3, -0.25) is 4.79 Å². The highest BCUT2D eigenvalue weighted by molar-refractivity contribution is 5.91. The Morgan fingerprint density at radius 1 is 1.19 bits per heavy atom. The van der Waals surface area contributed by atoms with E-state index in [1.807, 2.05) is 18.2 Å². The number of carbonyl (C=O) groups excluding carboxylic acids is 1. The topological polar surface area (TPSA) is 57.5 Å². The van der Waals surface area contributed by atoms with E-state index in [1.54, 1.807) is 48.0 Å². The zero-order valence-electron chi connectivity index (χ0n) is 14.8. The van der Waals surface area contributed by atoms with Gasteiger partial charge in [-0.1, -0.05) is 30.9 Å². The molecule has 2 aromatic rings. The van der Waals surface area contributed by atoms with Gasteiger partial charge in [-0.05, 0) is 42.8 Å². The standard InChI is InChI=1S/C21H21NO4/c1-4-17(21(24)25-3)14-18(5-2)26-19-11-9-16(10-12-19)15-22-13-7-6-8-20(22)23/h4-14H,2,15H2,1,3H3/b17-4+,18-14+. The van der Waals surface area contributed by atoms with Gasteiger partial charge in [-0.15, -0.1) is 0 Å². The van der Waals surface area contributed by atoms with Crippen LogP contribution in [0.3, 0.4) is 0 Å². The van der Waals surface area contributed by atoms with Crippen molar-refractivity contribution in [3.05, 3.63) is 101 Å². The third-order valence-corrected chi connectivity index (χ3v) is 3.64. The zero-order chi connectivity index (χ0) is 18.9. The summed E-state index contributed by atoms with van der Waals surface area (Å²) in [5, 5.41) is 0. The van der Waals surface area contributed by atoms with Crippen LogP contribution in [-0.4, -0.2) is 17.6 Å². The molecular weight excluding hydrogens is 330 g/mol. The van der Waals surface area contributed by atoms with Crippen molar-refractivity contribution in [1.29, 1.82) is 0 Å². The highest BCUT2D eigenvalue weighted by Gasteiger charge is 2.07. The van der Waals surface area contributed by atoms with E-state index < -0.39 is 5.97 Å². The zero-order valence-corrected chi connectivity index (χ0v) is 14.8. The van der Waals surface area contributed by atoms with E-state index in [0.717, 1.165) is 5.56 Å². The lowest BCUT2D eigenvalue weighted by Gasteiger charge is -2.09.